The molecule has 32 heavy (non-hydrogen) atoms. The number of benzene rings is 1. The number of carbonyl (C=O) groups is 2. The number of hydrogen-bond acceptors (Lipinski definition) is 4. The van der Waals surface area contributed by atoms with Crippen LogP contribution in [-0.2, 0) is 16.0 Å². The van der Waals surface area contributed by atoms with Crippen LogP contribution in [0.1, 0.15) is 56.6 Å². The fourth-order valence-electron chi connectivity index (χ4n) is 3.98. The predicted octanol–water partition coefficient (Wildman–Crippen LogP) is 5.08. The largest absolute Gasteiger partial charge is 0.340 e. The summed E-state index contributed by atoms with van der Waals surface area (Å²) in [5.74, 6) is -0.230. The van der Waals surface area contributed by atoms with Crippen LogP contribution in [0.25, 0.3) is 0 Å². The Morgan fingerprint density at radius 3 is 2.72 bits per heavy atom. The molecule has 0 bridgehead atoms. The Balaban J connectivity index is 1.60. The van der Waals surface area contributed by atoms with Crippen LogP contribution >= 0.6 is 11.3 Å². The van der Waals surface area contributed by atoms with Crippen molar-refractivity contribution in [3.8, 4) is 0 Å². The molecule has 170 valence electrons. The monoisotopic (exact) mass is 451 g/mol. The first-order valence-corrected chi connectivity index (χ1v) is 12.1. The zero-order valence-corrected chi connectivity index (χ0v) is 20.0. The second-order valence-electron chi connectivity index (χ2n) is 8.76. The summed E-state index contributed by atoms with van der Waals surface area (Å²) in [6, 6.07) is 9.63. The number of amides is 2. The van der Waals surface area contributed by atoms with Crippen LogP contribution in [0.3, 0.4) is 0 Å². The van der Waals surface area contributed by atoms with Crippen molar-refractivity contribution in [2.45, 2.75) is 58.5 Å². The lowest BCUT2D eigenvalue weighted by molar-refractivity contribution is -0.137. The molecule has 0 aliphatic carbocycles. The number of hydrogen-bond donors (Lipinski definition) is 1. The van der Waals surface area contributed by atoms with E-state index in [1.165, 1.54) is 5.56 Å². The van der Waals surface area contributed by atoms with Crippen molar-refractivity contribution in [1.82, 2.24) is 15.2 Å². The van der Waals surface area contributed by atoms with Gasteiger partial charge >= 0.3 is 0 Å². The molecule has 6 heteroatoms. The number of allylic oxidation sites excluding steroid dienone is 2. The maximum atomic E-state index is 13.4. The number of rotatable bonds is 9. The van der Waals surface area contributed by atoms with E-state index in [2.05, 4.69) is 29.0 Å². The molecule has 1 aliphatic heterocycles. The molecule has 0 radical (unpaired) electrons. The van der Waals surface area contributed by atoms with Gasteiger partial charge in [-0.1, -0.05) is 62.4 Å². The summed E-state index contributed by atoms with van der Waals surface area (Å²) in [4.78, 5) is 32.6. The second-order valence-corrected chi connectivity index (χ2v) is 9.68. The molecular formula is C26H33N3O2S. The first-order valence-electron chi connectivity index (χ1n) is 11.2. The van der Waals surface area contributed by atoms with Crippen LogP contribution in [0.2, 0.25) is 0 Å². The van der Waals surface area contributed by atoms with Gasteiger partial charge in [0.05, 0.1) is 6.04 Å². The van der Waals surface area contributed by atoms with Crippen molar-refractivity contribution in [2.24, 2.45) is 5.92 Å². The maximum Gasteiger partial charge on any atom is 0.247 e. The third-order valence-electron chi connectivity index (χ3n) is 5.84. The highest BCUT2D eigenvalue weighted by Gasteiger charge is 2.37. The highest BCUT2D eigenvalue weighted by atomic mass is 32.1. The van der Waals surface area contributed by atoms with Crippen LogP contribution in [-0.4, -0.2) is 34.3 Å². The third kappa shape index (κ3) is 6.16. The fourth-order valence-corrected chi connectivity index (χ4v) is 4.77. The standard InChI is InChI=1S/C26H33N3O2S/c1-18(2)23(26(31)29-15-8-11-22(29)25-27-14-16-32-25)28-24(30)20(4)13-12-19(3)17-21-9-6-5-7-10-21/h5-7,9-10,13-14,16,18,22-23H,3,8,11-12,15,17H2,1-2,4H3,(H,28,30)/b20-13+/t22-,23-/m0/s1. The molecule has 2 atom stereocenters. The minimum atomic E-state index is -0.557. The number of aromatic nitrogens is 1. The molecule has 0 spiro atoms. The average molecular weight is 452 g/mol. The van der Waals surface area contributed by atoms with E-state index in [9.17, 15) is 9.59 Å². The summed E-state index contributed by atoms with van der Waals surface area (Å²) in [6.45, 7) is 10.6. The molecule has 0 unspecified atom stereocenters. The molecule has 5 nitrogen and oxygen atoms in total. The Bertz CT molecular complexity index is 951. The zero-order valence-electron chi connectivity index (χ0n) is 19.2. The van der Waals surface area contributed by atoms with Crippen molar-refractivity contribution in [2.75, 3.05) is 6.54 Å². The zero-order chi connectivity index (χ0) is 23.1. The molecule has 1 fully saturated rings. The lowest BCUT2D eigenvalue weighted by Crippen LogP contribution is -2.51. The van der Waals surface area contributed by atoms with Gasteiger partial charge in [0.2, 0.25) is 11.8 Å². The van der Waals surface area contributed by atoms with E-state index in [0.29, 0.717) is 18.5 Å². The molecule has 2 heterocycles. The van der Waals surface area contributed by atoms with E-state index in [1.807, 2.05) is 48.4 Å². The molecule has 1 aromatic heterocycles. The van der Waals surface area contributed by atoms with Gasteiger partial charge in [-0.15, -0.1) is 11.3 Å². The molecule has 3 rings (SSSR count). The Morgan fingerprint density at radius 1 is 1.31 bits per heavy atom. The first kappa shape index (κ1) is 23.9. The van der Waals surface area contributed by atoms with Crippen LogP contribution in [0, 0.1) is 5.92 Å². The minimum Gasteiger partial charge on any atom is -0.340 e. The first-order chi connectivity index (χ1) is 15.4. The van der Waals surface area contributed by atoms with E-state index in [-0.39, 0.29) is 23.8 Å². The molecular weight excluding hydrogens is 418 g/mol. The molecule has 2 amide bonds. The Hall–Kier alpha value is -2.73. The third-order valence-corrected chi connectivity index (χ3v) is 6.72. The highest BCUT2D eigenvalue weighted by Crippen LogP contribution is 2.33. The quantitative estimate of drug-likeness (QED) is 0.427. The summed E-state index contributed by atoms with van der Waals surface area (Å²) in [7, 11) is 0. The molecule has 1 saturated heterocycles. The van der Waals surface area contributed by atoms with Crippen LogP contribution in [0.5, 0.6) is 0 Å². The van der Waals surface area contributed by atoms with Crippen molar-refractivity contribution in [3.05, 3.63) is 76.3 Å². The number of carbonyl (C=O) groups excluding carboxylic acids is 2. The number of likely N-dealkylation sites (tertiary alicyclic amines) is 1. The van der Waals surface area contributed by atoms with Gasteiger partial charge in [-0.05, 0) is 44.1 Å². The summed E-state index contributed by atoms with van der Waals surface area (Å²) in [5.41, 5.74) is 2.86. The highest BCUT2D eigenvalue weighted by molar-refractivity contribution is 7.09. The lowest BCUT2D eigenvalue weighted by atomic mass is 10.0. The van der Waals surface area contributed by atoms with Gasteiger partial charge in [0.1, 0.15) is 11.0 Å². The van der Waals surface area contributed by atoms with E-state index >= 15 is 0 Å². The minimum absolute atomic E-state index is 0.00941. The van der Waals surface area contributed by atoms with Gasteiger partial charge in [0.25, 0.3) is 0 Å². The summed E-state index contributed by atoms with van der Waals surface area (Å²) in [6.07, 6.45) is 6.97. The van der Waals surface area contributed by atoms with E-state index < -0.39 is 6.04 Å². The number of nitrogens with one attached hydrogen (secondary N) is 1. The molecule has 1 aromatic carbocycles. The van der Waals surface area contributed by atoms with Crippen LogP contribution in [0.15, 0.2) is 65.7 Å². The van der Waals surface area contributed by atoms with E-state index in [4.69, 9.17) is 0 Å². The topological polar surface area (TPSA) is 62.3 Å². The van der Waals surface area contributed by atoms with Crippen molar-refractivity contribution < 1.29 is 9.59 Å². The SMILES string of the molecule is C=C(C/C=C(\C)C(=O)N[C@H](C(=O)N1CCC[C@H]1c1nccs1)C(C)C)Cc1ccccc1. The Kier molecular flexibility index (Phi) is 8.39. The van der Waals surface area contributed by atoms with Gasteiger partial charge < -0.3 is 10.2 Å². The van der Waals surface area contributed by atoms with Gasteiger partial charge in [0.15, 0.2) is 0 Å². The maximum absolute atomic E-state index is 13.4. The van der Waals surface area contributed by atoms with Crippen molar-refractivity contribution in [1.29, 1.82) is 0 Å². The van der Waals surface area contributed by atoms with Crippen LogP contribution in [0.4, 0.5) is 0 Å². The van der Waals surface area contributed by atoms with Crippen molar-refractivity contribution in [3.63, 3.8) is 0 Å². The van der Waals surface area contributed by atoms with E-state index in [0.717, 1.165) is 29.8 Å². The summed E-state index contributed by atoms with van der Waals surface area (Å²) >= 11 is 1.58. The smallest absolute Gasteiger partial charge is 0.247 e. The van der Waals surface area contributed by atoms with Crippen molar-refractivity contribution >= 4 is 23.2 Å². The Morgan fingerprint density at radius 2 is 2.06 bits per heavy atom. The van der Waals surface area contributed by atoms with Crippen LogP contribution < -0.4 is 5.32 Å². The molecule has 0 saturated carbocycles. The van der Waals surface area contributed by atoms with E-state index in [1.54, 1.807) is 24.5 Å². The van der Waals surface area contributed by atoms with Gasteiger partial charge in [-0.2, -0.15) is 0 Å². The van der Waals surface area contributed by atoms with Gasteiger partial charge in [-0.25, -0.2) is 4.98 Å². The van der Waals surface area contributed by atoms with Gasteiger partial charge in [-0.3, -0.25) is 9.59 Å². The molecule has 1 N–H and O–H groups in total. The summed E-state index contributed by atoms with van der Waals surface area (Å²) in [5, 5.41) is 5.90. The fraction of sp³-hybridized carbons (Fsp3) is 0.423. The molecule has 2 aromatic rings. The summed E-state index contributed by atoms with van der Waals surface area (Å²) < 4.78 is 0. The average Bonchev–Trinajstić information content (AvgIpc) is 3.47. The lowest BCUT2D eigenvalue weighted by Gasteiger charge is -2.30. The van der Waals surface area contributed by atoms with Gasteiger partial charge in [0, 0.05) is 23.7 Å². The number of nitrogens with zero attached hydrogens (tertiary/aromatic N) is 2. The predicted molar refractivity (Wildman–Crippen MR) is 130 cm³/mol. The number of thiazole rings is 1. The second kappa shape index (κ2) is 11.2. The normalized spacial score (nSPS) is 17.4. The Labute approximate surface area is 195 Å². The molecule has 1 aliphatic rings.